The molecule has 2 aromatic carbocycles. The predicted octanol–water partition coefficient (Wildman–Crippen LogP) is 1.92. The Morgan fingerprint density at radius 2 is 1.66 bits per heavy atom. The van der Waals surface area contributed by atoms with E-state index in [1.807, 2.05) is 60.7 Å². The molecule has 4 aromatic rings. The summed E-state index contributed by atoms with van der Waals surface area (Å²) in [6, 6.07) is 18.5. The molecular weight excluding hydrogens is 448 g/mol. The van der Waals surface area contributed by atoms with Crippen LogP contribution in [0.15, 0.2) is 82.6 Å². The number of H-pyrrole nitrogens is 1. The van der Waals surface area contributed by atoms with Crippen LogP contribution >= 0.6 is 0 Å². The Kier molecular flexibility index (Phi) is 7.12. The van der Waals surface area contributed by atoms with Gasteiger partial charge in [-0.3, -0.25) is 24.0 Å². The van der Waals surface area contributed by atoms with Crippen molar-refractivity contribution in [3.05, 3.63) is 105 Å². The van der Waals surface area contributed by atoms with E-state index in [-0.39, 0.29) is 36.8 Å². The third-order valence-corrected chi connectivity index (χ3v) is 5.36. The molecule has 0 fully saturated rings. The van der Waals surface area contributed by atoms with Gasteiger partial charge in [0.2, 0.25) is 0 Å². The fraction of sp³-hybridized carbons (Fsp3) is 0.160. The second kappa shape index (κ2) is 10.6. The van der Waals surface area contributed by atoms with E-state index in [9.17, 15) is 14.4 Å². The number of nitrogen functional groups attached to an aromatic ring is 1. The number of amides is 1. The van der Waals surface area contributed by atoms with Crippen LogP contribution in [0.2, 0.25) is 0 Å². The lowest BCUT2D eigenvalue weighted by atomic mass is 10.2. The van der Waals surface area contributed by atoms with Crippen molar-refractivity contribution in [2.75, 3.05) is 30.9 Å². The van der Waals surface area contributed by atoms with Crippen LogP contribution in [0.1, 0.15) is 15.9 Å². The van der Waals surface area contributed by atoms with Gasteiger partial charge in [0.25, 0.3) is 11.5 Å². The minimum absolute atomic E-state index is 0.0204. The lowest BCUT2D eigenvalue weighted by Gasteiger charge is -2.24. The number of hydrogen-bond acceptors (Lipinski definition) is 7. The zero-order valence-electron chi connectivity index (χ0n) is 19.0. The molecule has 2 heterocycles. The van der Waals surface area contributed by atoms with Crippen molar-refractivity contribution < 1.29 is 9.53 Å². The van der Waals surface area contributed by atoms with Gasteiger partial charge in [-0.2, -0.15) is 0 Å². The Hall–Kier alpha value is -4.57. The molecule has 0 saturated carbocycles. The highest BCUT2D eigenvalue weighted by atomic mass is 16.5. The number of aromatic amines is 1. The van der Waals surface area contributed by atoms with Crippen LogP contribution in [0.4, 0.5) is 11.5 Å². The molecule has 10 nitrogen and oxygen atoms in total. The maximum atomic E-state index is 13.5. The first-order valence-corrected chi connectivity index (χ1v) is 10.8. The maximum absolute atomic E-state index is 13.5. The van der Waals surface area contributed by atoms with Crippen molar-refractivity contribution in [3.8, 4) is 11.4 Å². The number of hydrogen-bond donors (Lipinski definition) is 2. The maximum Gasteiger partial charge on any atom is 0.330 e. The van der Waals surface area contributed by atoms with Gasteiger partial charge in [0, 0.05) is 31.6 Å². The first-order chi connectivity index (χ1) is 17.0. The number of methoxy groups -OCH3 is 1. The first kappa shape index (κ1) is 23.6. The number of benzene rings is 2. The predicted molar refractivity (Wildman–Crippen MR) is 132 cm³/mol. The van der Waals surface area contributed by atoms with E-state index in [1.165, 1.54) is 29.0 Å². The fourth-order valence-electron chi connectivity index (χ4n) is 3.59. The largest absolute Gasteiger partial charge is 0.383 e. The van der Waals surface area contributed by atoms with Gasteiger partial charge in [0.05, 0.1) is 18.7 Å². The molecule has 178 valence electrons. The Morgan fingerprint density at radius 1 is 1.03 bits per heavy atom. The van der Waals surface area contributed by atoms with Crippen LogP contribution in [0.25, 0.3) is 11.4 Å². The van der Waals surface area contributed by atoms with E-state index in [2.05, 4.69) is 15.0 Å². The monoisotopic (exact) mass is 472 g/mol. The minimum Gasteiger partial charge on any atom is -0.383 e. The highest BCUT2D eigenvalue weighted by molar-refractivity contribution is 6.07. The van der Waals surface area contributed by atoms with E-state index in [4.69, 9.17) is 10.5 Å². The average Bonchev–Trinajstić information content (AvgIpc) is 2.89. The van der Waals surface area contributed by atoms with Gasteiger partial charge < -0.3 is 10.5 Å². The van der Waals surface area contributed by atoms with Crippen LogP contribution in [0.5, 0.6) is 0 Å². The van der Waals surface area contributed by atoms with Gasteiger partial charge in [0.15, 0.2) is 11.5 Å². The highest BCUT2D eigenvalue weighted by Gasteiger charge is 2.26. The van der Waals surface area contributed by atoms with Crippen molar-refractivity contribution in [2.45, 2.75) is 6.54 Å². The smallest absolute Gasteiger partial charge is 0.330 e. The van der Waals surface area contributed by atoms with Gasteiger partial charge >= 0.3 is 5.69 Å². The third-order valence-electron chi connectivity index (χ3n) is 5.36. The molecule has 2 aromatic heterocycles. The third kappa shape index (κ3) is 5.17. The first-order valence-electron chi connectivity index (χ1n) is 10.8. The number of ether oxygens (including phenoxy) is 1. The second-order valence-corrected chi connectivity index (χ2v) is 7.68. The van der Waals surface area contributed by atoms with Crippen molar-refractivity contribution in [3.63, 3.8) is 0 Å². The summed E-state index contributed by atoms with van der Waals surface area (Å²) in [7, 11) is 1.48. The summed E-state index contributed by atoms with van der Waals surface area (Å²) in [5.41, 5.74) is 6.47. The van der Waals surface area contributed by atoms with E-state index in [0.717, 1.165) is 11.1 Å². The van der Waals surface area contributed by atoms with Crippen LogP contribution in [0.3, 0.4) is 0 Å². The summed E-state index contributed by atoms with van der Waals surface area (Å²) in [5.74, 6) is -0.225. The average molecular weight is 473 g/mol. The van der Waals surface area contributed by atoms with Crippen LogP contribution in [-0.4, -0.2) is 45.7 Å². The van der Waals surface area contributed by atoms with E-state index < -0.39 is 17.2 Å². The summed E-state index contributed by atoms with van der Waals surface area (Å²) in [4.78, 5) is 50.9. The Balaban J connectivity index is 1.73. The van der Waals surface area contributed by atoms with Gasteiger partial charge in [-0.15, -0.1) is 0 Å². The summed E-state index contributed by atoms with van der Waals surface area (Å²) in [6.07, 6.45) is 2.78. The van der Waals surface area contributed by atoms with E-state index in [0.29, 0.717) is 5.82 Å². The lowest BCUT2D eigenvalue weighted by Crippen LogP contribution is -2.42. The topological polar surface area (TPSA) is 136 Å². The Labute approximate surface area is 200 Å². The summed E-state index contributed by atoms with van der Waals surface area (Å²) >= 11 is 0. The molecule has 0 atom stereocenters. The molecule has 0 spiro atoms. The molecule has 0 aliphatic carbocycles. The molecule has 3 N–H and O–H groups in total. The SMILES string of the molecule is COCCN(C(=O)c1cnc(-c2ccccc2)nc1)c1c(N)n(Cc2ccccc2)c(=O)[nH]c1=O. The minimum atomic E-state index is -0.775. The number of anilines is 2. The summed E-state index contributed by atoms with van der Waals surface area (Å²) in [5, 5.41) is 0. The summed E-state index contributed by atoms with van der Waals surface area (Å²) in [6.45, 7) is 0.272. The molecule has 4 rings (SSSR count). The van der Waals surface area contributed by atoms with Crippen LogP contribution in [0, 0.1) is 0 Å². The molecule has 1 amide bonds. The molecule has 0 saturated heterocycles. The zero-order valence-corrected chi connectivity index (χ0v) is 19.0. The molecule has 0 aliphatic heterocycles. The van der Waals surface area contributed by atoms with Crippen molar-refractivity contribution in [1.82, 2.24) is 19.5 Å². The van der Waals surface area contributed by atoms with Crippen LogP contribution < -0.4 is 21.9 Å². The molecule has 10 heteroatoms. The van der Waals surface area contributed by atoms with Crippen molar-refractivity contribution in [1.29, 1.82) is 0 Å². The van der Waals surface area contributed by atoms with Gasteiger partial charge in [-0.25, -0.2) is 14.8 Å². The number of aromatic nitrogens is 4. The Bertz CT molecular complexity index is 1420. The number of nitrogens with zero attached hydrogens (tertiary/aromatic N) is 4. The number of rotatable bonds is 8. The van der Waals surface area contributed by atoms with Gasteiger partial charge in [0.1, 0.15) is 5.82 Å². The number of nitrogens with one attached hydrogen (secondary N) is 1. The molecule has 0 aliphatic rings. The normalized spacial score (nSPS) is 10.8. The molecule has 35 heavy (non-hydrogen) atoms. The summed E-state index contributed by atoms with van der Waals surface area (Å²) < 4.78 is 6.36. The molecule has 0 unspecified atom stereocenters. The van der Waals surface area contributed by atoms with E-state index >= 15 is 0 Å². The molecule has 0 bridgehead atoms. The quantitative estimate of drug-likeness (QED) is 0.400. The van der Waals surface area contributed by atoms with E-state index in [1.54, 1.807) is 0 Å². The fourth-order valence-corrected chi connectivity index (χ4v) is 3.59. The standard InChI is InChI=1S/C25H24N6O4/c1-35-13-12-30(24(33)19-14-27-22(28-15-19)18-10-6-3-7-11-18)20-21(26)31(25(34)29-23(20)32)16-17-8-4-2-5-9-17/h2-11,14-15H,12-13,16,26H2,1H3,(H,29,32,34). The Morgan fingerprint density at radius 3 is 2.29 bits per heavy atom. The van der Waals surface area contributed by atoms with Gasteiger partial charge in [-0.1, -0.05) is 60.7 Å². The van der Waals surface area contributed by atoms with Crippen LogP contribution in [-0.2, 0) is 11.3 Å². The lowest BCUT2D eigenvalue weighted by molar-refractivity contribution is 0.0975. The number of nitrogens with two attached hydrogens (primary N) is 1. The highest BCUT2D eigenvalue weighted by Crippen LogP contribution is 2.21. The van der Waals surface area contributed by atoms with Gasteiger partial charge in [-0.05, 0) is 5.56 Å². The van der Waals surface area contributed by atoms with Crippen molar-refractivity contribution >= 4 is 17.4 Å². The second-order valence-electron chi connectivity index (χ2n) is 7.68. The molecular formula is C25H24N6O4. The number of carbonyl (C=O) groups is 1. The van der Waals surface area contributed by atoms with Crippen molar-refractivity contribution in [2.24, 2.45) is 0 Å². The molecule has 0 radical (unpaired) electrons. The number of carbonyl (C=O) groups excluding carboxylic acids is 1. The zero-order chi connectivity index (χ0) is 24.8.